The zero-order chi connectivity index (χ0) is 22.7. The lowest BCUT2D eigenvalue weighted by atomic mass is 9.89. The van der Waals surface area contributed by atoms with Crippen molar-refractivity contribution in [2.24, 2.45) is 23.7 Å². The molecule has 0 spiro atoms. The average Bonchev–Trinajstić information content (AvgIpc) is 3.11. The number of carbonyl (C=O) groups is 1. The molecule has 2 saturated carbocycles. The van der Waals surface area contributed by atoms with Gasteiger partial charge in [-0.3, -0.25) is 4.79 Å². The van der Waals surface area contributed by atoms with Crippen molar-refractivity contribution in [3.05, 3.63) is 23.8 Å². The highest BCUT2D eigenvalue weighted by Gasteiger charge is 2.44. The second-order valence-electron chi connectivity index (χ2n) is 7.39. The van der Waals surface area contributed by atoms with Crippen molar-refractivity contribution in [3.63, 3.8) is 0 Å². The molecule has 2 rings (SSSR count). The van der Waals surface area contributed by atoms with E-state index >= 15 is 0 Å². The first-order valence-electron chi connectivity index (χ1n) is 11.2. The maximum absolute atomic E-state index is 10.9. The van der Waals surface area contributed by atoms with Crippen LogP contribution in [0, 0.1) is 35.5 Å². The smallest absolute Gasteiger partial charge is 0.303 e. The second kappa shape index (κ2) is 9.94. The third-order valence-electron chi connectivity index (χ3n) is 5.44. The molecular formula is C22H32O4. The molecule has 0 aromatic rings. The van der Waals surface area contributed by atoms with Crippen LogP contribution in [0.15, 0.2) is 23.8 Å². The average molecular weight is 365 g/mol. The summed E-state index contributed by atoms with van der Waals surface area (Å²) in [7, 11) is 0. The minimum Gasteiger partial charge on any atom is -0.481 e. The first-order valence-corrected chi connectivity index (χ1v) is 9.24. The molecule has 4 nitrogen and oxygen atoms in total. The lowest BCUT2D eigenvalue weighted by molar-refractivity contribution is -0.137. The topological polar surface area (TPSA) is 77.8 Å². The molecule has 0 unspecified atom stereocenters. The first kappa shape index (κ1) is 15.5. The van der Waals surface area contributed by atoms with Crippen molar-refractivity contribution in [1.29, 1.82) is 0 Å². The minimum absolute atomic E-state index is 0.0224. The zero-order valence-corrected chi connectivity index (χ0v) is 15.5. The van der Waals surface area contributed by atoms with Crippen molar-refractivity contribution < 1.29 is 25.6 Å². The normalized spacial score (nSPS) is 35.0. The van der Waals surface area contributed by atoms with Crippen LogP contribution < -0.4 is 0 Å². The fourth-order valence-electron chi connectivity index (χ4n) is 3.99. The van der Waals surface area contributed by atoms with Crippen LogP contribution in [0.2, 0.25) is 0 Å². The number of carboxylic acid groups (broad SMARTS) is 1. The number of rotatable bonds is 8. The van der Waals surface area contributed by atoms with E-state index in [1.807, 2.05) is 13.0 Å². The minimum atomic E-state index is -2.51. The molecule has 2 aliphatic rings. The van der Waals surface area contributed by atoms with Gasteiger partial charge in [-0.2, -0.15) is 0 Å². The zero-order valence-electron chi connectivity index (χ0n) is 19.5. The third-order valence-corrected chi connectivity index (χ3v) is 5.44. The van der Waals surface area contributed by atoms with E-state index in [0.717, 1.165) is 5.57 Å². The number of hydrogen-bond acceptors (Lipinski definition) is 3. The van der Waals surface area contributed by atoms with Crippen LogP contribution >= 0.6 is 0 Å². The SMILES string of the molecule is [2H]C([2H])(/C=C1\C[C@H]2C[C@@H](O)[C@H](/C=C/[C@@H](O)[C@@H](C)CC#CC)[C@H]2C1)C([2H])([2H])CC(=O)O. The van der Waals surface area contributed by atoms with Gasteiger partial charge in [0, 0.05) is 24.2 Å². The van der Waals surface area contributed by atoms with Gasteiger partial charge in [0.1, 0.15) is 0 Å². The van der Waals surface area contributed by atoms with Crippen molar-refractivity contribution in [2.75, 3.05) is 0 Å². The van der Waals surface area contributed by atoms with Crippen LogP contribution in [0.25, 0.3) is 0 Å². The lowest BCUT2D eigenvalue weighted by Gasteiger charge is -2.19. The Balaban J connectivity index is 2.09. The van der Waals surface area contributed by atoms with Gasteiger partial charge in [0.25, 0.3) is 0 Å². The molecular weight excluding hydrogens is 328 g/mol. The largest absolute Gasteiger partial charge is 0.481 e. The Bertz CT molecular complexity index is 750. The highest BCUT2D eigenvalue weighted by atomic mass is 16.4. The molecule has 0 amide bonds. The van der Waals surface area contributed by atoms with Gasteiger partial charge < -0.3 is 15.3 Å². The number of hydrogen-bond donors (Lipinski definition) is 3. The summed E-state index contributed by atoms with van der Waals surface area (Å²) in [5.74, 6) is 4.48. The summed E-state index contributed by atoms with van der Waals surface area (Å²) in [6.07, 6.45) is 0.0991. The molecule has 2 aliphatic carbocycles. The van der Waals surface area contributed by atoms with Crippen LogP contribution in [0.1, 0.15) is 64.2 Å². The van der Waals surface area contributed by atoms with Crippen LogP contribution in [-0.2, 0) is 4.79 Å². The quantitative estimate of drug-likeness (QED) is 0.455. The predicted octanol–water partition coefficient (Wildman–Crippen LogP) is 3.54. The molecule has 0 heterocycles. The number of allylic oxidation sites excluding steroid dienone is 2. The van der Waals surface area contributed by atoms with Crippen LogP contribution in [-0.4, -0.2) is 33.5 Å². The summed E-state index contributed by atoms with van der Waals surface area (Å²) >= 11 is 0. The molecule has 2 fully saturated rings. The van der Waals surface area contributed by atoms with Crippen molar-refractivity contribution >= 4 is 5.97 Å². The van der Waals surface area contributed by atoms with Crippen molar-refractivity contribution in [1.82, 2.24) is 0 Å². The monoisotopic (exact) mass is 364 g/mol. The molecule has 3 N–H and O–H groups in total. The number of carboxylic acids is 1. The van der Waals surface area contributed by atoms with E-state index < -0.39 is 37.3 Å². The summed E-state index contributed by atoms with van der Waals surface area (Å²) in [6, 6.07) is 0. The van der Waals surface area contributed by atoms with E-state index in [-0.39, 0.29) is 23.7 Å². The molecule has 0 aromatic carbocycles. The van der Waals surface area contributed by atoms with Crippen LogP contribution in [0.3, 0.4) is 0 Å². The van der Waals surface area contributed by atoms with E-state index in [1.165, 1.54) is 6.08 Å². The molecule has 0 radical (unpaired) electrons. The Hall–Kier alpha value is -1.57. The lowest BCUT2D eigenvalue weighted by Crippen LogP contribution is -2.19. The van der Waals surface area contributed by atoms with E-state index in [1.54, 1.807) is 13.0 Å². The number of aliphatic hydroxyl groups excluding tert-OH is 2. The molecule has 0 aromatic heterocycles. The van der Waals surface area contributed by atoms with Crippen LogP contribution in [0.4, 0.5) is 0 Å². The third kappa shape index (κ3) is 5.72. The van der Waals surface area contributed by atoms with Gasteiger partial charge in [0.2, 0.25) is 0 Å². The van der Waals surface area contributed by atoms with Crippen molar-refractivity contribution in [2.45, 2.75) is 70.9 Å². The van der Waals surface area contributed by atoms with Gasteiger partial charge in [-0.05, 0) is 56.7 Å². The summed E-state index contributed by atoms with van der Waals surface area (Å²) in [4.78, 5) is 10.9. The van der Waals surface area contributed by atoms with Gasteiger partial charge in [0.15, 0.2) is 0 Å². The fourth-order valence-corrected chi connectivity index (χ4v) is 3.99. The Morgan fingerprint density at radius 2 is 2.23 bits per heavy atom. The van der Waals surface area contributed by atoms with E-state index in [2.05, 4.69) is 11.8 Å². The first-order chi connectivity index (χ1) is 13.9. The maximum Gasteiger partial charge on any atom is 0.303 e. The Labute approximate surface area is 162 Å². The maximum atomic E-state index is 10.9. The summed E-state index contributed by atoms with van der Waals surface area (Å²) < 4.78 is 31.8. The molecule has 6 atom stereocenters. The van der Waals surface area contributed by atoms with Gasteiger partial charge in [-0.15, -0.1) is 11.8 Å². The van der Waals surface area contributed by atoms with E-state index in [9.17, 15) is 15.0 Å². The summed E-state index contributed by atoms with van der Waals surface area (Å²) in [5, 5.41) is 29.6. The number of aliphatic carboxylic acids is 1. The Morgan fingerprint density at radius 3 is 2.92 bits per heavy atom. The fraction of sp³-hybridized carbons (Fsp3) is 0.682. The van der Waals surface area contributed by atoms with Gasteiger partial charge >= 0.3 is 5.97 Å². The van der Waals surface area contributed by atoms with Crippen LogP contribution in [0.5, 0.6) is 0 Å². The Morgan fingerprint density at radius 1 is 1.46 bits per heavy atom. The molecule has 0 bridgehead atoms. The molecule has 0 aliphatic heterocycles. The number of fused-ring (bicyclic) bond motifs is 1. The molecule has 4 heteroatoms. The molecule has 0 saturated heterocycles. The van der Waals surface area contributed by atoms with E-state index in [4.69, 9.17) is 10.6 Å². The highest BCUT2D eigenvalue weighted by Crippen LogP contribution is 2.50. The summed E-state index contributed by atoms with van der Waals surface area (Å²) in [6.45, 7) is 3.67. The van der Waals surface area contributed by atoms with Gasteiger partial charge in [-0.25, -0.2) is 0 Å². The van der Waals surface area contributed by atoms with Gasteiger partial charge in [-0.1, -0.05) is 30.7 Å². The molecule has 26 heavy (non-hydrogen) atoms. The second-order valence-corrected chi connectivity index (χ2v) is 7.39. The standard InChI is InChI=1S/C22H32O4/c1-3-4-7-15(2)20(23)11-10-18-19-13-16(8-5-6-9-22(25)26)12-17(19)14-21(18)24/h8,10-11,15,17-21,23-24H,5-7,9,12-14H2,1-2H3,(H,25,26)/b11-10+,16-8+/t15-,17-,18+,19-,20+,21+/m0/s1/i5D2,6D2. The van der Waals surface area contributed by atoms with Gasteiger partial charge in [0.05, 0.1) is 12.2 Å². The van der Waals surface area contributed by atoms with E-state index in [0.29, 0.717) is 25.7 Å². The van der Waals surface area contributed by atoms with Crippen molar-refractivity contribution in [3.8, 4) is 11.8 Å². The highest BCUT2D eigenvalue weighted by molar-refractivity contribution is 5.66. The molecule has 144 valence electrons. The number of aliphatic hydroxyl groups is 2. The predicted molar refractivity (Wildman–Crippen MR) is 102 cm³/mol. The Kier molecular flexibility index (Phi) is 5.92. The summed E-state index contributed by atoms with van der Waals surface area (Å²) in [5.41, 5.74) is 0.765.